The van der Waals surface area contributed by atoms with Gasteiger partial charge in [-0.25, -0.2) is 4.39 Å². The zero-order valence-corrected chi connectivity index (χ0v) is 9.84. The van der Waals surface area contributed by atoms with Crippen LogP contribution in [-0.2, 0) is 6.42 Å². The van der Waals surface area contributed by atoms with E-state index in [1.807, 2.05) is 30.3 Å². The number of benzene rings is 2. The molecule has 17 heavy (non-hydrogen) atoms. The highest BCUT2D eigenvalue weighted by atomic mass is 35.5. The Kier molecular flexibility index (Phi) is 2.52. The number of nitrogens with one attached hydrogen (secondary N) is 1. The normalized spacial score (nSPS) is 17.6. The Labute approximate surface area is 104 Å². The lowest BCUT2D eigenvalue weighted by Crippen LogP contribution is -2.05. The number of hydrogen-bond donors (Lipinski definition) is 1. The van der Waals surface area contributed by atoms with E-state index in [0.717, 1.165) is 22.7 Å². The van der Waals surface area contributed by atoms with Crippen LogP contribution in [0.15, 0.2) is 42.5 Å². The van der Waals surface area contributed by atoms with Crippen molar-refractivity contribution in [2.45, 2.75) is 12.5 Å². The molecule has 0 aliphatic carbocycles. The first-order valence-corrected chi connectivity index (χ1v) is 5.90. The Morgan fingerprint density at radius 1 is 1.12 bits per heavy atom. The Hall–Kier alpha value is -1.54. The van der Waals surface area contributed by atoms with Crippen LogP contribution in [0.4, 0.5) is 10.1 Å². The average Bonchev–Trinajstić information content (AvgIpc) is 2.72. The van der Waals surface area contributed by atoms with Crippen molar-refractivity contribution < 1.29 is 4.39 Å². The number of fused-ring (bicyclic) bond motifs is 1. The van der Waals surface area contributed by atoms with Crippen molar-refractivity contribution in [2.75, 3.05) is 5.32 Å². The first-order chi connectivity index (χ1) is 8.22. The van der Waals surface area contributed by atoms with Crippen molar-refractivity contribution in [1.82, 2.24) is 0 Å². The average molecular weight is 248 g/mol. The third-order valence-corrected chi connectivity index (χ3v) is 3.33. The molecule has 2 aromatic rings. The highest BCUT2D eigenvalue weighted by molar-refractivity contribution is 6.30. The molecule has 3 heteroatoms. The number of hydrogen-bond acceptors (Lipinski definition) is 1. The molecule has 1 heterocycles. The summed E-state index contributed by atoms with van der Waals surface area (Å²) < 4.78 is 12.9. The maximum absolute atomic E-state index is 12.9. The Morgan fingerprint density at radius 2 is 1.88 bits per heavy atom. The van der Waals surface area contributed by atoms with Gasteiger partial charge in [0.2, 0.25) is 0 Å². The van der Waals surface area contributed by atoms with Gasteiger partial charge in [0.05, 0.1) is 6.04 Å². The third kappa shape index (κ3) is 2.01. The highest BCUT2D eigenvalue weighted by Crippen LogP contribution is 2.35. The SMILES string of the molecule is Fc1ccc(C2Cc3ccc(Cl)cc3N2)cc1. The van der Waals surface area contributed by atoms with Crippen molar-refractivity contribution in [3.05, 3.63) is 64.4 Å². The Bertz CT molecular complexity index is 551. The molecule has 0 aromatic heterocycles. The molecule has 0 bridgehead atoms. The molecule has 0 amide bonds. The second-order valence-electron chi connectivity index (χ2n) is 4.25. The van der Waals surface area contributed by atoms with E-state index >= 15 is 0 Å². The van der Waals surface area contributed by atoms with E-state index in [0.29, 0.717) is 0 Å². The van der Waals surface area contributed by atoms with Gasteiger partial charge in [-0.2, -0.15) is 0 Å². The van der Waals surface area contributed by atoms with Gasteiger partial charge in [-0.05, 0) is 41.8 Å². The van der Waals surface area contributed by atoms with Crippen LogP contribution in [0.3, 0.4) is 0 Å². The molecule has 0 radical (unpaired) electrons. The van der Waals surface area contributed by atoms with Gasteiger partial charge >= 0.3 is 0 Å². The largest absolute Gasteiger partial charge is 0.378 e. The van der Waals surface area contributed by atoms with Crippen LogP contribution >= 0.6 is 11.6 Å². The zero-order valence-electron chi connectivity index (χ0n) is 9.08. The first kappa shape index (κ1) is 10.6. The monoisotopic (exact) mass is 247 g/mol. The van der Waals surface area contributed by atoms with Gasteiger partial charge in [0, 0.05) is 10.7 Å². The van der Waals surface area contributed by atoms with Gasteiger partial charge in [-0.3, -0.25) is 0 Å². The molecule has 86 valence electrons. The smallest absolute Gasteiger partial charge is 0.123 e. The van der Waals surface area contributed by atoms with Crippen LogP contribution < -0.4 is 5.32 Å². The van der Waals surface area contributed by atoms with Gasteiger partial charge in [-0.1, -0.05) is 29.8 Å². The summed E-state index contributed by atoms with van der Waals surface area (Å²) in [6.45, 7) is 0. The third-order valence-electron chi connectivity index (χ3n) is 3.10. The number of halogens is 2. The number of anilines is 1. The van der Waals surface area contributed by atoms with Crippen LogP contribution in [0.5, 0.6) is 0 Å². The molecular weight excluding hydrogens is 237 g/mol. The molecule has 1 atom stereocenters. The van der Waals surface area contributed by atoms with Crippen molar-refractivity contribution in [3.8, 4) is 0 Å². The minimum atomic E-state index is -0.202. The summed E-state index contributed by atoms with van der Waals surface area (Å²) in [4.78, 5) is 0. The molecule has 0 fully saturated rings. The molecule has 0 saturated heterocycles. The summed E-state index contributed by atoms with van der Waals surface area (Å²) in [5, 5.41) is 4.14. The van der Waals surface area contributed by atoms with Crippen molar-refractivity contribution in [1.29, 1.82) is 0 Å². The van der Waals surface area contributed by atoms with Crippen LogP contribution in [0, 0.1) is 5.82 Å². The lowest BCUT2D eigenvalue weighted by atomic mass is 10.0. The molecule has 3 rings (SSSR count). The summed E-state index contributed by atoms with van der Waals surface area (Å²) in [7, 11) is 0. The van der Waals surface area contributed by atoms with Gasteiger partial charge in [0.15, 0.2) is 0 Å². The summed E-state index contributed by atoms with van der Waals surface area (Å²) >= 11 is 5.95. The van der Waals surface area contributed by atoms with Gasteiger partial charge < -0.3 is 5.32 Å². The van der Waals surface area contributed by atoms with Crippen molar-refractivity contribution in [2.24, 2.45) is 0 Å². The maximum atomic E-state index is 12.9. The van der Waals surface area contributed by atoms with Crippen LogP contribution in [0.2, 0.25) is 5.02 Å². The van der Waals surface area contributed by atoms with Crippen LogP contribution in [0.1, 0.15) is 17.2 Å². The van der Waals surface area contributed by atoms with Gasteiger partial charge in [0.25, 0.3) is 0 Å². The predicted octanol–water partition coefficient (Wildman–Crippen LogP) is 4.19. The van der Waals surface area contributed by atoms with Crippen LogP contribution in [-0.4, -0.2) is 0 Å². The van der Waals surface area contributed by atoms with E-state index in [-0.39, 0.29) is 11.9 Å². The lowest BCUT2D eigenvalue weighted by Gasteiger charge is -2.11. The fourth-order valence-corrected chi connectivity index (χ4v) is 2.39. The Morgan fingerprint density at radius 3 is 2.65 bits per heavy atom. The van der Waals surface area contributed by atoms with E-state index in [9.17, 15) is 4.39 Å². The number of rotatable bonds is 1. The maximum Gasteiger partial charge on any atom is 0.123 e. The molecule has 2 aromatic carbocycles. The fourth-order valence-electron chi connectivity index (χ4n) is 2.22. The van der Waals surface area contributed by atoms with E-state index in [2.05, 4.69) is 5.32 Å². The summed E-state index contributed by atoms with van der Waals surface area (Å²) in [6, 6.07) is 12.7. The minimum Gasteiger partial charge on any atom is -0.378 e. The Balaban J connectivity index is 1.88. The quantitative estimate of drug-likeness (QED) is 0.797. The van der Waals surface area contributed by atoms with E-state index in [1.165, 1.54) is 17.7 Å². The molecule has 0 spiro atoms. The van der Waals surface area contributed by atoms with E-state index in [4.69, 9.17) is 11.6 Å². The molecule has 1 N–H and O–H groups in total. The fraction of sp³-hybridized carbons (Fsp3) is 0.143. The first-order valence-electron chi connectivity index (χ1n) is 5.53. The second-order valence-corrected chi connectivity index (χ2v) is 4.69. The topological polar surface area (TPSA) is 12.0 Å². The summed E-state index contributed by atoms with van der Waals surface area (Å²) in [5.41, 5.74) is 3.43. The molecule has 1 aliphatic rings. The highest BCUT2D eigenvalue weighted by Gasteiger charge is 2.21. The molecule has 1 nitrogen and oxygen atoms in total. The van der Waals surface area contributed by atoms with Gasteiger partial charge in [-0.15, -0.1) is 0 Å². The lowest BCUT2D eigenvalue weighted by molar-refractivity contribution is 0.626. The van der Waals surface area contributed by atoms with Crippen molar-refractivity contribution >= 4 is 17.3 Å². The summed E-state index contributed by atoms with van der Waals surface area (Å²) in [5.74, 6) is -0.202. The summed E-state index contributed by atoms with van der Waals surface area (Å²) in [6.07, 6.45) is 0.915. The van der Waals surface area contributed by atoms with Crippen molar-refractivity contribution in [3.63, 3.8) is 0 Å². The van der Waals surface area contributed by atoms with Gasteiger partial charge in [0.1, 0.15) is 5.82 Å². The molecule has 0 saturated carbocycles. The molecule has 1 aliphatic heterocycles. The standard InChI is InChI=1S/C14H11ClFN/c15-11-4-1-10-7-13(17-14(10)8-11)9-2-5-12(16)6-3-9/h1-6,8,13,17H,7H2. The molecule has 1 unspecified atom stereocenters. The molecular formula is C14H11ClFN. The van der Waals surface area contributed by atoms with Crippen LogP contribution in [0.25, 0.3) is 0 Å². The zero-order chi connectivity index (χ0) is 11.8. The predicted molar refractivity (Wildman–Crippen MR) is 67.9 cm³/mol. The second kappa shape index (κ2) is 4.04. The minimum absolute atomic E-state index is 0.202. The van der Waals surface area contributed by atoms with E-state index in [1.54, 1.807) is 0 Å². The van der Waals surface area contributed by atoms with E-state index < -0.39 is 0 Å².